The van der Waals surface area contributed by atoms with Crippen molar-refractivity contribution in [3.05, 3.63) is 0 Å². The van der Waals surface area contributed by atoms with Crippen molar-refractivity contribution in [2.75, 3.05) is 13.6 Å². The van der Waals surface area contributed by atoms with Gasteiger partial charge >= 0.3 is 0 Å². The van der Waals surface area contributed by atoms with Crippen LogP contribution in [0.25, 0.3) is 0 Å². The SMILES string of the molecule is CCN=C(NN)NC1CCC(=O)N(C)C1=O. The highest BCUT2D eigenvalue weighted by Crippen LogP contribution is 2.10. The molecule has 16 heavy (non-hydrogen) atoms. The van der Waals surface area contributed by atoms with Gasteiger partial charge in [-0.3, -0.25) is 24.9 Å². The van der Waals surface area contributed by atoms with Gasteiger partial charge in [0.15, 0.2) is 0 Å². The third kappa shape index (κ3) is 2.69. The molecule has 1 atom stereocenters. The Balaban J connectivity index is 2.64. The number of hydrogen-bond donors (Lipinski definition) is 3. The number of carbonyl (C=O) groups excluding carboxylic acids is 2. The van der Waals surface area contributed by atoms with Crippen LogP contribution in [0.3, 0.4) is 0 Å². The van der Waals surface area contributed by atoms with Crippen LogP contribution in [0.4, 0.5) is 0 Å². The van der Waals surface area contributed by atoms with Crippen molar-refractivity contribution in [3.63, 3.8) is 0 Å². The fourth-order valence-electron chi connectivity index (χ4n) is 1.51. The smallest absolute Gasteiger partial charge is 0.251 e. The van der Waals surface area contributed by atoms with E-state index >= 15 is 0 Å². The number of aliphatic imine (C=N–C) groups is 1. The first-order valence-electron chi connectivity index (χ1n) is 5.18. The predicted octanol–water partition coefficient (Wildman–Crippen LogP) is -1.44. The second-order valence-electron chi connectivity index (χ2n) is 3.49. The van der Waals surface area contributed by atoms with Gasteiger partial charge < -0.3 is 5.32 Å². The van der Waals surface area contributed by atoms with Crippen LogP contribution in [-0.4, -0.2) is 42.3 Å². The number of hydrazine groups is 1. The summed E-state index contributed by atoms with van der Waals surface area (Å²) in [5.41, 5.74) is 2.38. The van der Waals surface area contributed by atoms with Crippen LogP contribution in [0, 0.1) is 0 Å². The first-order chi connectivity index (χ1) is 7.60. The number of guanidine groups is 1. The molecule has 0 radical (unpaired) electrons. The summed E-state index contributed by atoms with van der Waals surface area (Å²) in [5, 5.41) is 2.88. The number of nitrogens with two attached hydrogens (primary N) is 1. The van der Waals surface area contributed by atoms with E-state index in [2.05, 4.69) is 15.7 Å². The Morgan fingerprint density at radius 1 is 1.62 bits per heavy atom. The van der Waals surface area contributed by atoms with E-state index in [1.165, 1.54) is 7.05 Å². The summed E-state index contributed by atoms with van der Waals surface area (Å²) >= 11 is 0. The molecule has 0 aromatic rings. The van der Waals surface area contributed by atoms with Crippen LogP contribution in [0.5, 0.6) is 0 Å². The highest BCUT2D eigenvalue weighted by molar-refractivity contribution is 6.01. The van der Waals surface area contributed by atoms with Crippen LogP contribution in [0.2, 0.25) is 0 Å². The van der Waals surface area contributed by atoms with Gasteiger partial charge in [-0.2, -0.15) is 0 Å². The molecular formula is C9H17N5O2. The zero-order valence-corrected chi connectivity index (χ0v) is 9.49. The molecule has 1 rings (SSSR count). The average Bonchev–Trinajstić information content (AvgIpc) is 2.29. The highest BCUT2D eigenvalue weighted by Gasteiger charge is 2.32. The van der Waals surface area contributed by atoms with E-state index in [0.717, 1.165) is 4.90 Å². The van der Waals surface area contributed by atoms with Crippen molar-refractivity contribution in [1.82, 2.24) is 15.6 Å². The first-order valence-corrected chi connectivity index (χ1v) is 5.18. The molecule has 0 aromatic carbocycles. The molecule has 0 saturated carbocycles. The van der Waals surface area contributed by atoms with Gasteiger partial charge in [-0.1, -0.05) is 0 Å². The summed E-state index contributed by atoms with van der Waals surface area (Å²) in [7, 11) is 1.48. The molecule has 90 valence electrons. The molecule has 4 N–H and O–H groups in total. The molecule has 1 fully saturated rings. The molecule has 7 heteroatoms. The fraction of sp³-hybridized carbons (Fsp3) is 0.667. The highest BCUT2D eigenvalue weighted by atomic mass is 16.2. The van der Waals surface area contributed by atoms with E-state index in [-0.39, 0.29) is 11.8 Å². The number of carbonyl (C=O) groups is 2. The van der Waals surface area contributed by atoms with Crippen molar-refractivity contribution < 1.29 is 9.59 Å². The Kier molecular flexibility index (Phi) is 4.24. The minimum absolute atomic E-state index is 0.155. The lowest BCUT2D eigenvalue weighted by atomic mass is 10.1. The summed E-state index contributed by atoms with van der Waals surface area (Å²) in [6, 6.07) is -0.441. The average molecular weight is 227 g/mol. The topological polar surface area (TPSA) is 99.8 Å². The molecule has 1 heterocycles. The molecule has 1 aliphatic heterocycles. The third-order valence-corrected chi connectivity index (χ3v) is 2.41. The van der Waals surface area contributed by atoms with Crippen LogP contribution >= 0.6 is 0 Å². The van der Waals surface area contributed by atoms with E-state index in [0.29, 0.717) is 25.3 Å². The molecule has 1 aliphatic rings. The number of likely N-dealkylation sites (N-methyl/N-ethyl adjacent to an activating group) is 1. The van der Waals surface area contributed by atoms with Crippen molar-refractivity contribution in [2.45, 2.75) is 25.8 Å². The summed E-state index contributed by atoms with van der Waals surface area (Å²) in [4.78, 5) is 28.1. The number of rotatable bonds is 2. The van der Waals surface area contributed by atoms with E-state index in [4.69, 9.17) is 5.84 Å². The molecule has 0 aromatic heterocycles. The van der Waals surface area contributed by atoms with Gasteiger partial charge in [-0.25, -0.2) is 5.84 Å². The second-order valence-corrected chi connectivity index (χ2v) is 3.49. The number of hydrogen-bond acceptors (Lipinski definition) is 4. The number of piperidine rings is 1. The number of imide groups is 1. The van der Waals surface area contributed by atoms with Crippen LogP contribution < -0.4 is 16.6 Å². The number of nitrogens with one attached hydrogen (secondary N) is 2. The standard InChI is InChI=1S/C9H17N5O2/c1-3-11-9(13-10)12-6-4-5-7(15)14(2)8(6)16/h6H,3-5,10H2,1-2H3,(H2,11,12,13). The minimum atomic E-state index is -0.441. The summed E-state index contributed by atoms with van der Waals surface area (Å²) in [6.45, 7) is 2.42. The summed E-state index contributed by atoms with van der Waals surface area (Å²) in [6.07, 6.45) is 0.816. The quantitative estimate of drug-likeness (QED) is 0.176. The van der Waals surface area contributed by atoms with Gasteiger partial charge in [0.2, 0.25) is 11.9 Å². The van der Waals surface area contributed by atoms with Gasteiger partial charge in [-0.15, -0.1) is 0 Å². The molecule has 0 bridgehead atoms. The number of nitrogens with zero attached hydrogens (tertiary/aromatic N) is 2. The van der Waals surface area contributed by atoms with Crippen molar-refractivity contribution in [2.24, 2.45) is 10.8 Å². The Labute approximate surface area is 94.0 Å². The number of likely N-dealkylation sites (tertiary alicyclic amines) is 1. The van der Waals surface area contributed by atoms with E-state index in [1.807, 2.05) is 6.92 Å². The van der Waals surface area contributed by atoms with E-state index in [9.17, 15) is 9.59 Å². The Hall–Kier alpha value is -1.63. The summed E-state index contributed by atoms with van der Waals surface area (Å²) in [5.74, 6) is 5.20. The molecule has 1 unspecified atom stereocenters. The van der Waals surface area contributed by atoms with Crippen LogP contribution in [-0.2, 0) is 9.59 Å². The zero-order chi connectivity index (χ0) is 12.1. The molecule has 0 aliphatic carbocycles. The largest absolute Gasteiger partial charge is 0.343 e. The third-order valence-electron chi connectivity index (χ3n) is 2.41. The Morgan fingerprint density at radius 3 is 2.88 bits per heavy atom. The van der Waals surface area contributed by atoms with E-state index in [1.54, 1.807) is 0 Å². The first kappa shape index (κ1) is 12.4. The van der Waals surface area contributed by atoms with Crippen molar-refractivity contribution in [3.8, 4) is 0 Å². The van der Waals surface area contributed by atoms with Crippen molar-refractivity contribution >= 4 is 17.8 Å². The summed E-state index contributed by atoms with van der Waals surface area (Å²) < 4.78 is 0. The predicted molar refractivity (Wildman–Crippen MR) is 59.2 cm³/mol. The lowest BCUT2D eigenvalue weighted by molar-refractivity contribution is -0.147. The van der Waals surface area contributed by atoms with Crippen LogP contribution in [0.15, 0.2) is 4.99 Å². The van der Waals surface area contributed by atoms with Gasteiger partial charge in [0.05, 0.1) is 0 Å². The van der Waals surface area contributed by atoms with Gasteiger partial charge in [0.1, 0.15) is 6.04 Å². The van der Waals surface area contributed by atoms with Crippen LogP contribution in [0.1, 0.15) is 19.8 Å². The van der Waals surface area contributed by atoms with Crippen molar-refractivity contribution in [1.29, 1.82) is 0 Å². The normalized spacial score (nSPS) is 22.3. The molecular weight excluding hydrogens is 210 g/mol. The number of amides is 2. The maximum atomic E-state index is 11.7. The monoisotopic (exact) mass is 227 g/mol. The van der Waals surface area contributed by atoms with Gasteiger partial charge in [0.25, 0.3) is 5.91 Å². The molecule has 7 nitrogen and oxygen atoms in total. The molecule has 0 spiro atoms. The van der Waals surface area contributed by atoms with Gasteiger partial charge in [0, 0.05) is 20.0 Å². The Bertz CT molecular complexity index is 315. The zero-order valence-electron chi connectivity index (χ0n) is 9.49. The maximum Gasteiger partial charge on any atom is 0.251 e. The minimum Gasteiger partial charge on any atom is -0.343 e. The molecule has 2 amide bonds. The second kappa shape index (κ2) is 5.45. The lowest BCUT2D eigenvalue weighted by Crippen LogP contribution is -2.56. The van der Waals surface area contributed by atoms with E-state index < -0.39 is 6.04 Å². The lowest BCUT2D eigenvalue weighted by Gasteiger charge is -2.28. The Morgan fingerprint density at radius 2 is 2.31 bits per heavy atom. The maximum absolute atomic E-state index is 11.7. The fourth-order valence-corrected chi connectivity index (χ4v) is 1.51. The van der Waals surface area contributed by atoms with Gasteiger partial charge in [-0.05, 0) is 13.3 Å². The molecule has 1 saturated heterocycles.